The number of piperidine rings is 1. The Bertz CT molecular complexity index is 476. The Morgan fingerprint density at radius 2 is 2.20 bits per heavy atom. The van der Waals surface area contributed by atoms with Crippen molar-refractivity contribution in [3.63, 3.8) is 0 Å². The summed E-state index contributed by atoms with van der Waals surface area (Å²) >= 11 is 0. The molecule has 0 aliphatic carbocycles. The highest BCUT2D eigenvalue weighted by Crippen LogP contribution is 2.23. The minimum atomic E-state index is -0.970. The van der Waals surface area contributed by atoms with Crippen molar-refractivity contribution in [1.29, 1.82) is 0 Å². The van der Waals surface area contributed by atoms with Gasteiger partial charge in [-0.3, -0.25) is 0 Å². The number of halogens is 1. The molecule has 20 heavy (non-hydrogen) atoms. The van der Waals surface area contributed by atoms with Crippen LogP contribution in [0.2, 0.25) is 0 Å². The average Bonchev–Trinajstić information content (AvgIpc) is 2.46. The molecule has 1 aromatic rings. The zero-order chi connectivity index (χ0) is 14.5. The second-order valence-corrected chi connectivity index (χ2v) is 4.70. The Morgan fingerprint density at radius 3 is 2.80 bits per heavy atom. The zero-order valence-corrected chi connectivity index (χ0v) is 11.4. The molecule has 2 rings (SSSR count). The molecule has 1 saturated heterocycles. The van der Waals surface area contributed by atoms with Crippen LogP contribution < -0.4 is 4.90 Å². The molecule has 110 valence electrons. The highest BCUT2D eigenvalue weighted by molar-refractivity contribution is 5.68. The third kappa shape index (κ3) is 3.41. The molecule has 1 aliphatic heterocycles. The maximum absolute atomic E-state index is 14.1. The minimum absolute atomic E-state index is 0.0853. The Hall–Kier alpha value is -1.76. The van der Waals surface area contributed by atoms with E-state index >= 15 is 0 Å². The highest BCUT2D eigenvalue weighted by Gasteiger charge is 2.24. The van der Waals surface area contributed by atoms with Crippen LogP contribution >= 0.6 is 0 Å². The average molecular weight is 283 g/mol. The van der Waals surface area contributed by atoms with Gasteiger partial charge in [-0.05, 0) is 19.3 Å². The van der Waals surface area contributed by atoms with E-state index in [-0.39, 0.29) is 18.5 Å². The first kappa shape index (κ1) is 14.6. The van der Waals surface area contributed by atoms with Crippen LogP contribution in [0, 0.1) is 5.82 Å². The summed E-state index contributed by atoms with van der Waals surface area (Å²) in [6.45, 7) is 2.76. The fraction of sp³-hybridized carbons (Fsp3) is 0.615. The van der Waals surface area contributed by atoms with Gasteiger partial charge in [0.25, 0.3) is 0 Å². The maximum atomic E-state index is 14.1. The molecule has 0 radical (unpaired) electrons. The van der Waals surface area contributed by atoms with Crippen LogP contribution in [-0.4, -0.2) is 46.8 Å². The molecular formula is C13H18FN3O3. The Balaban J connectivity index is 1.95. The molecule has 7 heteroatoms. The van der Waals surface area contributed by atoms with Gasteiger partial charge in [0.1, 0.15) is 12.9 Å². The molecule has 0 unspecified atom stereocenters. The van der Waals surface area contributed by atoms with Gasteiger partial charge in [-0.25, -0.2) is 19.2 Å². The third-order valence-corrected chi connectivity index (χ3v) is 3.36. The van der Waals surface area contributed by atoms with Gasteiger partial charge in [-0.2, -0.15) is 0 Å². The van der Waals surface area contributed by atoms with Gasteiger partial charge in [0.05, 0.1) is 11.8 Å². The van der Waals surface area contributed by atoms with Gasteiger partial charge in [-0.15, -0.1) is 0 Å². The maximum Gasteiger partial charge on any atom is 0.329 e. The molecular weight excluding hydrogens is 265 g/mol. The lowest BCUT2D eigenvalue weighted by atomic mass is 10.1. The van der Waals surface area contributed by atoms with Crippen LogP contribution in [0.5, 0.6) is 0 Å². The number of carbonyl (C=O) groups is 1. The summed E-state index contributed by atoms with van der Waals surface area (Å²) in [7, 11) is 0. The largest absolute Gasteiger partial charge is 0.480 e. The molecule has 0 atom stereocenters. The molecule has 0 aromatic carbocycles. The molecule has 1 aromatic heterocycles. The first-order chi connectivity index (χ1) is 9.61. The number of anilines is 1. The van der Waals surface area contributed by atoms with Crippen LogP contribution in [-0.2, 0) is 16.0 Å². The van der Waals surface area contributed by atoms with E-state index in [1.807, 2.05) is 11.8 Å². The minimum Gasteiger partial charge on any atom is -0.480 e. The van der Waals surface area contributed by atoms with Crippen molar-refractivity contribution in [2.24, 2.45) is 0 Å². The zero-order valence-electron chi connectivity index (χ0n) is 11.4. The van der Waals surface area contributed by atoms with Gasteiger partial charge in [-0.1, -0.05) is 6.92 Å². The van der Waals surface area contributed by atoms with Crippen LogP contribution in [0.15, 0.2) is 6.33 Å². The second kappa shape index (κ2) is 6.60. The smallest absolute Gasteiger partial charge is 0.329 e. The Morgan fingerprint density at radius 1 is 1.50 bits per heavy atom. The van der Waals surface area contributed by atoms with Crippen molar-refractivity contribution in [1.82, 2.24) is 9.97 Å². The van der Waals surface area contributed by atoms with Crippen molar-refractivity contribution in [3.8, 4) is 0 Å². The van der Waals surface area contributed by atoms with E-state index in [4.69, 9.17) is 9.84 Å². The number of carboxylic acid groups (broad SMARTS) is 1. The fourth-order valence-corrected chi connectivity index (χ4v) is 2.29. The van der Waals surface area contributed by atoms with Crippen molar-refractivity contribution in [2.75, 3.05) is 24.6 Å². The normalized spacial score (nSPS) is 16.4. The fourth-order valence-electron chi connectivity index (χ4n) is 2.29. The van der Waals surface area contributed by atoms with E-state index in [1.54, 1.807) is 0 Å². The third-order valence-electron chi connectivity index (χ3n) is 3.36. The molecule has 2 heterocycles. The molecule has 1 aliphatic rings. The lowest BCUT2D eigenvalue weighted by Crippen LogP contribution is -2.38. The van der Waals surface area contributed by atoms with E-state index in [2.05, 4.69) is 9.97 Å². The number of aromatic nitrogens is 2. The molecule has 6 nitrogen and oxygen atoms in total. The summed E-state index contributed by atoms with van der Waals surface area (Å²) in [6, 6.07) is 0. The number of hydrogen-bond donors (Lipinski definition) is 1. The number of aliphatic carboxylic acids is 1. The van der Waals surface area contributed by atoms with Crippen LogP contribution in [0.4, 0.5) is 10.2 Å². The lowest BCUT2D eigenvalue weighted by molar-refractivity contribution is -0.144. The van der Waals surface area contributed by atoms with Crippen molar-refractivity contribution >= 4 is 11.8 Å². The molecule has 0 bridgehead atoms. The van der Waals surface area contributed by atoms with E-state index < -0.39 is 5.97 Å². The topological polar surface area (TPSA) is 75.5 Å². The SMILES string of the molecule is CCc1ncnc(N2CCC(OCC(=O)O)CC2)c1F. The quantitative estimate of drug-likeness (QED) is 0.876. The molecule has 0 spiro atoms. The highest BCUT2D eigenvalue weighted by atomic mass is 19.1. The number of carboxylic acids is 1. The summed E-state index contributed by atoms with van der Waals surface area (Å²) < 4.78 is 19.4. The number of hydrogen-bond acceptors (Lipinski definition) is 5. The first-order valence-electron chi connectivity index (χ1n) is 6.69. The predicted octanol–water partition coefficient (Wildman–Crippen LogP) is 1.25. The lowest BCUT2D eigenvalue weighted by Gasteiger charge is -2.32. The molecule has 1 fully saturated rings. The number of rotatable bonds is 5. The summed E-state index contributed by atoms with van der Waals surface area (Å²) in [4.78, 5) is 20.2. The Labute approximate surface area is 116 Å². The molecule has 1 N–H and O–H groups in total. The Kier molecular flexibility index (Phi) is 4.84. The van der Waals surface area contributed by atoms with E-state index in [9.17, 15) is 9.18 Å². The van der Waals surface area contributed by atoms with Gasteiger partial charge in [0.2, 0.25) is 0 Å². The van der Waals surface area contributed by atoms with Gasteiger partial charge in [0, 0.05) is 13.1 Å². The van der Waals surface area contributed by atoms with E-state index in [1.165, 1.54) is 6.33 Å². The summed E-state index contributed by atoms with van der Waals surface area (Å²) in [5.74, 6) is -1.00. The summed E-state index contributed by atoms with van der Waals surface area (Å²) in [5.41, 5.74) is 0.416. The monoisotopic (exact) mass is 283 g/mol. The van der Waals surface area contributed by atoms with Gasteiger partial charge in [0.15, 0.2) is 11.6 Å². The molecule has 0 saturated carbocycles. The van der Waals surface area contributed by atoms with Crippen LogP contribution in [0.1, 0.15) is 25.5 Å². The first-order valence-corrected chi connectivity index (χ1v) is 6.69. The summed E-state index contributed by atoms with van der Waals surface area (Å²) in [5, 5.41) is 8.57. The van der Waals surface area contributed by atoms with Gasteiger partial charge < -0.3 is 14.7 Å². The van der Waals surface area contributed by atoms with Crippen molar-refractivity contribution in [2.45, 2.75) is 32.3 Å². The van der Waals surface area contributed by atoms with Crippen molar-refractivity contribution < 1.29 is 19.0 Å². The summed E-state index contributed by atoms with van der Waals surface area (Å²) in [6.07, 6.45) is 3.15. The van der Waals surface area contributed by atoms with E-state index in [0.717, 1.165) is 0 Å². The molecule has 0 amide bonds. The van der Waals surface area contributed by atoms with Crippen LogP contribution in [0.25, 0.3) is 0 Å². The van der Waals surface area contributed by atoms with Crippen LogP contribution in [0.3, 0.4) is 0 Å². The standard InChI is InChI=1S/C13H18FN3O3/c1-2-10-12(14)13(16-8-15-10)17-5-3-9(4-6-17)20-7-11(18)19/h8-9H,2-7H2,1H3,(H,18,19). The van der Waals surface area contributed by atoms with E-state index in [0.29, 0.717) is 43.9 Å². The number of nitrogens with zero attached hydrogens (tertiary/aromatic N) is 3. The predicted molar refractivity (Wildman–Crippen MR) is 70.2 cm³/mol. The van der Waals surface area contributed by atoms with Crippen molar-refractivity contribution in [3.05, 3.63) is 17.8 Å². The number of aryl methyl sites for hydroxylation is 1. The second-order valence-electron chi connectivity index (χ2n) is 4.70. The van der Waals surface area contributed by atoms with Gasteiger partial charge >= 0.3 is 5.97 Å². The number of ether oxygens (including phenoxy) is 1.